The summed E-state index contributed by atoms with van der Waals surface area (Å²) in [6.45, 7) is 4.27. The normalized spacial score (nSPS) is 9.23. The summed E-state index contributed by atoms with van der Waals surface area (Å²) in [7, 11) is 0. The highest BCUT2D eigenvalue weighted by molar-refractivity contribution is 5.87. The van der Waals surface area contributed by atoms with E-state index < -0.39 is 0 Å². The maximum absolute atomic E-state index is 7.16. The van der Waals surface area contributed by atoms with Crippen LogP contribution in [-0.2, 0) is 0 Å². The van der Waals surface area contributed by atoms with E-state index in [1.54, 1.807) is 12.1 Å². The Labute approximate surface area is 77.8 Å². The third kappa shape index (κ3) is 2.33. The highest BCUT2D eigenvalue weighted by Crippen LogP contribution is 2.16. The van der Waals surface area contributed by atoms with Crippen molar-refractivity contribution in [3.05, 3.63) is 36.4 Å². The molecule has 0 aliphatic rings. The summed E-state index contributed by atoms with van der Waals surface area (Å²) in [4.78, 5) is 0. The fourth-order valence-electron chi connectivity index (χ4n) is 1.03. The highest BCUT2D eigenvalue weighted by atomic mass is 14.9. The molecule has 3 heteroatoms. The average molecular weight is 175 g/mol. The largest absolute Gasteiger partial charge is 0.399 e. The first-order valence-electron chi connectivity index (χ1n) is 4.02. The molecule has 0 radical (unpaired) electrons. The maximum Gasteiger partial charge on any atom is 0.0452 e. The number of hydrogen-bond donors (Lipinski definition) is 3. The van der Waals surface area contributed by atoms with Crippen LogP contribution >= 0.6 is 0 Å². The van der Waals surface area contributed by atoms with Crippen LogP contribution in [0, 0.1) is 5.41 Å². The van der Waals surface area contributed by atoms with E-state index in [4.69, 9.17) is 11.1 Å². The van der Waals surface area contributed by atoms with Gasteiger partial charge in [0, 0.05) is 29.7 Å². The molecule has 13 heavy (non-hydrogen) atoms. The Morgan fingerprint density at radius 3 is 2.92 bits per heavy atom. The predicted molar refractivity (Wildman–Crippen MR) is 57.4 cm³/mol. The summed E-state index contributed by atoms with van der Waals surface area (Å²) in [5, 5.41) is 10.3. The Balaban J connectivity index is 2.93. The lowest BCUT2D eigenvalue weighted by Crippen LogP contribution is -2.02. The van der Waals surface area contributed by atoms with Crippen LogP contribution in [0.15, 0.2) is 30.9 Å². The van der Waals surface area contributed by atoms with Gasteiger partial charge in [0.1, 0.15) is 0 Å². The molecule has 1 aromatic rings. The van der Waals surface area contributed by atoms with Gasteiger partial charge in [-0.1, -0.05) is 6.08 Å². The van der Waals surface area contributed by atoms with Crippen molar-refractivity contribution in [1.29, 1.82) is 5.41 Å². The molecule has 0 spiro atoms. The number of nitrogens with two attached hydrogens (primary N) is 1. The summed E-state index contributed by atoms with van der Waals surface area (Å²) < 4.78 is 0. The SMILES string of the molecule is C=CCNc1cc(N)ccc1C=N. The molecule has 0 amide bonds. The second kappa shape index (κ2) is 4.30. The molecule has 0 bridgehead atoms. The van der Waals surface area contributed by atoms with Crippen LogP contribution in [0.3, 0.4) is 0 Å². The molecule has 3 nitrogen and oxygen atoms in total. The molecule has 0 saturated heterocycles. The van der Waals surface area contributed by atoms with Crippen LogP contribution in [0.2, 0.25) is 0 Å². The van der Waals surface area contributed by atoms with Gasteiger partial charge in [-0.2, -0.15) is 0 Å². The quantitative estimate of drug-likeness (QED) is 0.371. The topological polar surface area (TPSA) is 61.9 Å². The lowest BCUT2D eigenvalue weighted by atomic mass is 10.1. The Morgan fingerprint density at radius 2 is 2.31 bits per heavy atom. The van der Waals surface area contributed by atoms with Gasteiger partial charge in [0.25, 0.3) is 0 Å². The standard InChI is InChI=1S/C10H13N3/c1-2-5-13-10-6-9(12)4-3-8(10)7-11/h2-4,6-7,11,13H,1,5,12H2. The second-order valence-corrected chi connectivity index (χ2v) is 2.66. The van der Waals surface area contributed by atoms with Gasteiger partial charge in [-0.25, -0.2) is 0 Å². The maximum atomic E-state index is 7.16. The monoisotopic (exact) mass is 175 g/mol. The van der Waals surface area contributed by atoms with Gasteiger partial charge in [0.05, 0.1) is 0 Å². The Kier molecular flexibility index (Phi) is 3.09. The first kappa shape index (κ1) is 9.32. The zero-order valence-electron chi connectivity index (χ0n) is 7.38. The van der Waals surface area contributed by atoms with Crippen LogP contribution < -0.4 is 11.1 Å². The minimum Gasteiger partial charge on any atom is -0.399 e. The van der Waals surface area contributed by atoms with E-state index in [1.807, 2.05) is 12.1 Å². The summed E-state index contributed by atoms with van der Waals surface area (Å²) in [6, 6.07) is 5.40. The van der Waals surface area contributed by atoms with Crippen molar-refractivity contribution in [3.63, 3.8) is 0 Å². The van der Waals surface area contributed by atoms with Crippen molar-refractivity contribution in [2.24, 2.45) is 0 Å². The lowest BCUT2D eigenvalue weighted by Gasteiger charge is -2.07. The van der Waals surface area contributed by atoms with Gasteiger partial charge in [0.2, 0.25) is 0 Å². The van der Waals surface area contributed by atoms with Crippen molar-refractivity contribution < 1.29 is 0 Å². The van der Waals surface area contributed by atoms with Crippen LogP contribution in [0.4, 0.5) is 11.4 Å². The van der Waals surface area contributed by atoms with E-state index in [-0.39, 0.29) is 0 Å². The molecule has 0 heterocycles. The van der Waals surface area contributed by atoms with E-state index in [1.165, 1.54) is 6.21 Å². The number of benzene rings is 1. The van der Waals surface area contributed by atoms with E-state index in [2.05, 4.69) is 11.9 Å². The van der Waals surface area contributed by atoms with Crippen LogP contribution in [-0.4, -0.2) is 12.8 Å². The molecule has 0 atom stereocenters. The fraction of sp³-hybridized carbons (Fsp3) is 0.100. The Bertz CT molecular complexity index is 318. The Morgan fingerprint density at radius 1 is 1.54 bits per heavy atom. The third-order valence-electron chi connectivity index (χ3n) is 1.67. The molecule has 0 aromatic heterocycles. The first-order chi connectivity index (χ1) is 6.27. The first-order valence-corrected chi connectivity index (χ1v) is 4.02. The summed E-state index contributed by atoms with van der Waals surface area (Å²) in [5.41, 5.74) is 8.00. The summed E-state index contributed by atoms with van der Waals surface area (Å²) >= 11 is 0. The average Bonchev–Trinajstić information content (AvgIpc) is 2.15. The van der Waals surface area contributed by atoms with E-state index >= 15 is 0 Å². The zero-order chi connectivity index (χ0) is 9.68. The molecule has 4 N–H and O–H groups in total. The van der Waals surface area contributed by atoms with E-state index in [0.717, 1.165) is 11.3 Å². The molecule has 0 unspecified atom stereocenters. The van der Waals surface area contributed by atoms with Gasteiger partial charge >= 0.3 is 0 Å². The molecule has 68 valence electrons. The summed E-state index contributed by atoms with van der Waals surface area (Å²) in [6.07, 6.45) is 3.06. The van der Waals surface area contributed by atoms with Gasteiger partial charge in [-0.15, -0.1) is 6.58 Å². The number of nitrogens with one attached hydrogen (secondary N) is 2. The third-order valence-corrected chi connectivity index (χ3v) is 1.67. The van der Waals surface area contributed by atoms with Gasteiger partial charge < -0.3 is 16.5 Å². The smallest absolute Gasteiger partial charge is 0.0452 e. The van der Waals surface area contributed by atoms with E-state index in [0.29, 0.717) is 12.2 Å². The van der Waals surface area contributed by atoms with Crippen molar-refractivity contribution in [3.8, 4) is 0 Å². The molecular weight excluding hydrogens is 162 g/mol. The molecule has 0 aliphatic carbocycles. The van der Waals surface area contributed by atoms with Crippen molar-refractivity contribution >= 4 is 17.6 Å². The lowest BCUT2D eigenvalue weighted by molar-refractivity contribution is 1.34. The second-order valence-electron chi connectivity index (χ2n) is 2.66. The van der Waals surface area contributed by atoms with Crippen molar-refractivity contribution in [1.82, 2.24) is 0 Å². The molecule has 0 saturated carbocycles. The minimum atomic E-state index is 0.671. The van der Waals surface area contributed by atoms with Gasteiger partial charge in [0.15, 0.2) is 0 Å². The number of nitrogen functional groups attached to an aromatic ring is 1. The number of rotatable bonds is 4. The van der Waals surface area contributed by atoms with Crippen molar-refractivity contribution in [2.75, 3.05) is 17.6 Å². The predicted octanol–water partition coefficient (Wildman–Crippen LogP) is 1.86. The molecule has 1 aromatic carbocycles. The van der Waals surface area contributed by atoms with Crippen LogP contribution in [0.5, 0.6) is 0 Å². The minimum absolute atomic E-state index is 0.671. The molecule has 0 aliphatic heterocycles. The van der Waals surface area contributed by atoms with Gasteiger partial charge in [-0.3, -0.25) is 0 Å². The van der Waals surface area contributed by atoms with Crippen LogP contribution in [0.1, 0.15) is 5.56 Å². The Hall–Kier alpha value is -1.77. The fourth-order valence-corrected chi connectivity index (χ4v) is 1.03. The number of anilines is 2. The molecular formula is C10H13N3. The molecule has 0 fully saturated rings. The van der Waals surface area contributed by atoms with Crippen LogP contribution in [0.25, 0.3) is 0 Å². The molecule has 1 rings (SSSR count). The van der Waals surface area contributed by atoms with Gasteiger partial charge in [-0.05, 0) is 18.2 Å². The van der Waals surface area contributed by atoms with E-state index in [9.17, 15) is 0 Å². The highest BCUT2D eigenvalue weighted by Gasteiger charge is 1.98. The number of hydrogen-bond acceptors (Lipinski definition) is 3. The summed E-state index contributed by atoms with van der Waals surface area (Å²) in [5.74, 6) is 0. The van der Waals surface area contributed by atoms with Crippen molar-refractivity contribution in [2.45, 2.75) is 0 Å². The zero-order valence-corrected chi connectivity index (χ0v) is 7.38.